The average Bonchev–Trinajstić information content (AvgIpc) is 3.29. The number of nitrogens with one attached hydrogen (secondary N) is 1. The van der Waals surface area contributed by atoms with Crippen LogP contribution in [-0.4, -0.2) is 47.3 Å². The van der Waals surface area contributed by atoms with Gasteiger partial charge in [-0.25, -0.2) is 9.18 Å². The Kier molecular flexibility index (Phi) is 6.48. The van der Waals surface area contributed by atoms with Crippen LogP contribution in [0.25, 0.3) is 10.9 Å². The van der Waals surface area contributed by atoms with Gasteiger partial charge in [0.15, 0.2) is 11.6 Å². The van der Waals surface area contributed by atoms with E-state index in [9.17, 15) is 9.90 Å². The summed E-state index contributed by atoms with van der Waals surface area (Å²) in [5, 5.41) is 10.2. The predicted molar refractivity (Wildman–Crippen MR) is 121 cm³/mol. The molecule has 32 heavy (non-hydrogen) atoms. The molecule has 6 nitrogen and oxygen atoms in total. The van der Waals surface area contributed by atoms with Gasteiger partial charge in [-0.3, -0.25) is 4.90 Å². The van der Waals surface area contributed by atoms with Crippen LogP contribution in [0.1, 0.15) is 52.9 Å². The molecule has 0 saturated carbocycles. The maximum atomic E-state index is 15.1. The number of rotatable bonds is 7. The number of aryl methyl sites for hydroxylation is 1. The van der Waals surface area contributed by atoms with Crippen LogP contribution in [0.2, 0.25) is 0 Å². The van der Waals surface area contributed by atoms with E-state index in [1.165, 1.54) is 7.11 Å². The zero-order chi connectivity index (χ0) is 22.8. The molecule has 0 spiro atoms. The van der Waals surface area contributed by atoms with Gasteiger partial charge < -0.3 is 19.6 Å². The third-order valence-electron chi connectivity index (χ3n) is 6.43. The van der Waals surface area contributed by atoms with Crippen molar-refractivity contribution >= 4 is 16.9 Å². The number of aromatic nitrogens is 1. The van der Waals surface area contributed by atoms with Gasteiger partial charge in [0.2, 0.25) is 0 Å². The van der Waals surface area contributed by atoms with E-state index < -0.39 is 5.97 Å². The van der Waals surface area contributed by atoms with Crippen molar-refractivity contribution in [2.45, 2.75) is 45.4 Å². The standard InChI is InChI=1S/C25H29FN2O4/c1-4-32-18-10-12-28(21(13-18)16-5-7-17(8-6-16)25(29)30)14-20-19-9-11-27-23(19)15(2)22(26)24(20)31-3/h5-9,11,18,21,27H,4,10,12-14H2,1-3H3,(H,29,30)/t18-,21-/m0/s1. The number of aromatic carboxylic acids is 1. The molecule has 0 bridgehead atoms. The molecule has 7 heteroatoms. The highest BCUT2D eigenvalue weighted by Crippen LogP contribution is 2.39. The first-order valence-electron chi connectivity index (χ1n) is 11.0. The van der Waals surface area contributed by atoms with E-state index in [0.717, 1.165) is 41.4 Å². The molecule has 1 fully saturated rings. The quantitative estimate of drug-likeness (QED) is 0.537. The van der Waals surface area contributed by atoms with Gasteiger partial charge in [0.1, 0.15) is 0 Å². The molecule has 1 aliphatic heterocycles. The molecule has 2 aromatic carbocycles. The molecular formula is C25H29FN2O4. The molecule has 1 aromatic heterocycles. The number of halogens is 1. The van der Waals surface area contributed by atoms with E-state index in [-0.39, 0.29) is 29.3 Å². The lowest BCUT2D eigenvalue weighted by molar-refractivity contribution is -0.0138. The predicted octanol–water partition coefficient (Wildman–Crippen LogP) is 5.06. The first-order valence-corrected chi connectivity index (χ1v) is 11.0. The number of ether oxygens (including phenoxy) is 2. The first kappa shape index (κ1) is 22.3. The Bertz CT molecular complexity index is 1110. The van der Waals surface area contributed by atoms with Crippen LogP contribution < -0.4 is 4.74 Å². The Morgan fingerprint density at radius 1 is 1.28 bits per heavy atom. The minimum absolute atomic E-state index is 0.0196. The Morgan fingerprint density at radius 3 is 2.69 bits per heavy atom. The third-order valence-corrected chi connectivity index (χ3v) is 6.43. The number of fused-ring (bicyclic) bond motifs is 1. The Hall–Kier alpha value is -2.90. The number of piperidine rings is 1. The van der Waals surface area contributed by atoms with Crippen LogP contribution in [0.3, 0.4) is 0 Å². The summed E-state index contributed by atoms with van der Waals surface area (Å²) in [4.78, 5) is 16.7. The summed E-state index contributed by atoms with van der Waals surface area (Å²) in [5.74, 6) is -1.01. The summed E-state index contributed by atoms with van der Waals surface area (Å²) in [7, 11) is 1.50. The van der Waals surface area contributed by atoms with E-state index in [1.807, 2.05) is 31.3 Å². The van der Waals surface area contributed by atoms with Crippen molar-refractivity contribution in [2.75, 3.05) is 20.3 Å². The summed E-state index contributed by atoms with van der Waals surface area (Å²) in [5.41, 5.74) is 3.42. The molecule has 1 saturated heterocycles. The number of carboxylic acids is 1. The van der Waals surface area contributed by atoms with Crippen molar-refractivity contribution in [3.8, 4) is 5.75 Å². The van der Waals surface area contributed by atoms with Crippen LogP contribution >= 0.6 is 0 Å². The monoisotopic (exact) mass is 440 g/mol. The van der Waals surface area contributed by atoms with Gasteiger partial charge in [0.05, 0.1) is 24.3 Å². The SMILES string of the molecule is CCO[C@H]1CCN(Cc2c(OC)c(F)c(C)c3[nH]ccc23)[C@H](c2ccc(C(=O)O)cc2)C1. The van der Waals surface area contributed by atoms with Crippen LogP contribution in [0.4, 0.5) is 4.39 Å². The fourth-order valence-electron chi connectivity index (χ4n) is 4.79. The number of likely N-dealkylation sites (tertiary alicyclic amines) is 1. The zero-order valence-electron chi connectivity index (χ0n) is 18.7. The van der Waals surface area contributed by atoms with Crippen molar-refractivity contribution < 1.29 is 23.8 Å². The van der Waals surface area contributed by atoms with E-state index in [4.69, 9.17) is 9.47 Å². The number of carboxylic acid groups (broad SMARTS) is 1. The third kappa shape index (κ3) is 4.10. The maximum absolute atomic E-state index is 15.1. The summed E-state index contributed by atoms with van der Waals surface area (Å²) in [6.45, 7) is 5.68. The molecule has 2 atom stereocenters. The molecule has 0 radical (unpaired) electrons. The lowest BCUT2D eigenvalue weighted by atomic mass is 9.91. The highest BCUT2D eigenvalue weighted by atomic mass is 19.1. The van der Waals surface area contributed by atoms with Gasteiger partial charge in [-0.2, -0.15) is 0 Å². The van der Waals surface area contributed by atoms with E-state index in [0.29, 0.717) is 18.7 Å². The molecule has 1 aliphatic rings. The number of nitrogens with zero attached hydrogens (tertiary/aromatic N) is 1. The highest BCUT2D eigenvalue weighted by molar-refractivity contribution is 5.88. The molecule has 3 aromatic rings. The molecule has 2 heterocycles. The molecular weight excluding hydrogens is 411 g/mol. The van der Waals surface area contributed by atoms with Crippen LogP contribution in [0, 0.1) is 12.7 Å². The topological polar surface area (TPSA) is 74.8 Å². The van der Waals surface area contributed by atoms with Gasteiger partial charge in [-0.15, -0.1) is 0 Å². The lowest BCUT2D eigenvalue weighted by Crippen LogP contribution is -2.39. The summed E-state index contributed by atoms with van der Waals surface area (Å²) in [6.07, 6.45) is 3.62. The second-order valence-corrected chi connectivity index (χ2v) is 8.23. The van der Waals surface area contributed by atoms with Crippen LogP contribution in [0.15, 0.2) is 36.5 Å². The molecule has 0 aliphatic carbocycles. The summed E-state index contributed by atoms with van der Waals surface area (Å²) < 4.78 is 26.5. The van der Waals surface area contributed by atoms with Gasteiger partial charge in [0, 0.05) is 48.4 Å². The van der Waals surface area contributed by atoms with Crippen molar-refractivity contribution in [2.24, 2.45) is 0 Å². The van der Waals surface area contributed by atoms with Gasteiger partial charge in [-0.1, -0.05) is 12.1 Å². The number of aromatic amines is 1. The molecule has 0 unspecified atom stereocenters. The maximum Gasteiger partial charge on any atom is 0.335 e. The molecule has 2 N–H and O–H groups in total. The Labute approximate surface area is 186 Å². The smallest absolute Gasteiger partial charge is 0.335 e. The second kappa shape index (κ2) is 9.30. The number of methoxy groups -OCH3 is 1. The van der Waals surface area contributed by atoms with Gasteiger partial charge >= 0.3 is 5.97 Å². The molecule has 0 amide bonds. The van der Waals surface area contributed by atoms with E-state index >= 15 is 4.39 Å². The summed E-state index contributed by atoms with van der Waals surface area (Å²) in [6, 6.07) is 8.99. The largest absolute Gasteiger partial charge is 0.493 e. The fourth-order valence-corrected chi connectivity index (χ4v) is 4.79. The van der Waals surface area contributed by atoms with Crippen LogP contribution in [-0.2, 0) is 11.3 Å². The van der Waals surface area contributed by atoms with Crippen molar-refractivity contribution in [1.82, 2.24) is 9.88 Å². The highest BCUT2D eigenvalue weighted by Gasteiger charge is 2.32. The molecule has 4 rings (SSSR count). The lowest BCUT2D eigenvalue weighted by Gasteiger charge is -2.40. The van der Waals surface area contributed by atoms with Gasteiger partial charge in [-0.05, 0) is 50.5 Å². The Morgan fingerprint density at radius 2 is 2.03 bits per heavy atom. The van der Waals surface area contributed by atoms with E-state index in [2.05, 4.69) is 9.88 Å². The number of hydrogen-bond acceptors (Lipinski definition) is 4. The van der Waals surface area contributed by atoms with Crippen molar-refractivity contribution in [1.29, 1.82) is 0 Å². The second-order valence-electron chi connectivity index (χ2n) is 8.23. The zero-order valence-corrected chi connectivity index (χ0v) is 18.7. The number of hydrogen-bond donors (Lipinski definition) is 2. The Balaban J connectivity index is 1.72. The molecule has 170 valence electrons. The van der Waals surface area contributed by atoms with Crippen molar-refractivity contribution in [3.05, 3.63) is 64.6 Å². The van der Waals surface area contributed by atoms with E-state index in [1.54, 1.807) is 19.1 Å². The summed E-state index contributed by atoms with van der Waals surface area (Å²) >= 11 is 0. The first-order chi connectivity index (χ1) is 15.4. The minimum Gasteiger partial charge on any atom is -0.493 e. The number of H-pyrrole nitrogens is 1. The minimum atomic E-state index is -0.945. The number of carbonyl (C=O) groups is 1. The average molecular weight is 441 g/mol. The number of benzene rings is 2. The normalized spacial score (nSPS) is 19.4. The van der Waals surface area contributed by atoms with Gasteiger partial charge in [0.25, 0.3) is 0 Å². The van der Waals surface area contributed by atoms with Crippen molar-refractivity contribution in [3.63, 3.8) is 0 Å². The van der Waals surface area contributed by atoms with Crippen LogP contribution in [0.5, 0.6) is 5.75 Å². The fraction of sp³-hybridized carbons (Fsp3) is 0.400.